The third-order valence-electron chi connectivity index (χ3n) is 5.42. The summed E-state index contributed by atoms with van der Waals surface area (Å²) in [6.07, 6.45) is 1.82. The summed E-state index contributed by atoms with van der Waals surface area (Å²) in [6, 6.07) is 12.9. The van der Waals surface area contributed by atoms with Gasteiger partial charge in [0, 0.05) is 32.2 Å². The molecule has 5 heteroatoms. The Morgan fingerprint density at radius 2 is 1.68 bits per heavy atom. The second-order valence-electron chi connectivity index (χ2n) is 7.24. The van der Waals surface area contributed by atoms with Crippen LogP contribution in [0.5, 0.6) is 0 Å². The maximum absolute atomic E-state index is 10.5. The molecule has 0 bridgehead atoms. The summed E-state index contributed by atoms with van der Waals surface area (Å²) in [5.74, 6) is 1.44. The van der Waals surface area contributed by atoms with Crippen molar-refractivity contribution in [3.05, 3.63) is 59.0 Å². The minimum Gasteiger partial charge on any atom is -0.462 e. The number of β-amino-alcohol motifs (C(OH)–C–C–N with tert-alkyl or cyclic N) is 1. The third-order valence-corrected chi connectivity index (χ3v) is 5.42. The maximum Gasteiger partial charge on any atom is 0.129 e. The van der Waals surface area contributed by atoms with Crippen LogP contribution < -0.4 is 0 Å². The molecule has 4 rings (SSSR count). The van der Waals surface area contributed by atoms with Crippen molar-refractivity contribution in [2.24, 2.45) is 0 Å². The molecular weight excluding hydrogens is 316 g/mol. The fourth-order valence-electron chi connectivity index (χ4n) is 4.16. The van der Waals surface area contributed by atoms with E-state index in [4.69, 9.17) is 9.52 Å². The lowest BCUT2D eigenvalue weighted by molar-refractivity contribution is 0.0932. The van der Waals surface area contributed by atoms with Crippen molar-refractivity contribution in [3.63, 3.8) is 0 Å². The molecule has 0 amide bonds. The highest BCUT2D eigenvalue weighted by molar-refractivity contribution is 5.33. The zero-order valence-corrected chi connectivity index (χ0v) is 14.5. The molecule has 25 heavy (non-hydrogen) atoms. The highest BCUT2D eigenvalue weighted by Gasteiger charge is 2.30. The van der Waals surface area contributed by atoms with Gasteiger partial charge in [0.25, 0.3) is 0 Å². The van der Waals surface area contributed by atoms with Gasteiger partial charge in [-0.15, -0.1) is 0 Å². The predicted octanol–water partition coefficient (Wildman–Crippen LogP) is 1.42. The summed E-state index contributed by atoms with van der Waals surface area (Å²) in [6.45, 7) is 3.87. The summed E-state index contributed by atoms with van der Waals surface area (Å²) >= 11 is 0. The number of hydrogen-bond acceptors (Lipinski definition) is 5. The van der Waals surface area contributed by atoms with E-state index in [9.17, 15) is 5.11 Å². The van der Waals surface area contributed by atoms with Crippen LogP contribution >= 0.6 is 0 Å². The van der Waals surface area contributed by atoms with Gasteiger partial charge in [-0.3, -0.25) is 9.80 Å². The van der Waals surface area contributed by atoms with E-state index >= 15 is 0 Å². The highest BCUT2D eigenvalue weighted by atomic mass is 16.4. The van der Waals surface area contributed by atoms with E-state index in [-0.39, 0.29) is 12.7 Å². The SMILES string of the molecule is OCc1ccc(CN2CCN(C3Cc4ccccc4C3)C[C@@H](O)C2)o1. The number of rotatable bonds is 4. The quantitative estimate of drug-likeness (QED) is 0.880. The van der Waals surface area contributed by atoms with Crippen LogP contribution in [0.4, 0.5) is 0 Å². The molecule has 0 saturated carbocycles. The molecule has 134 valence electrons. The van der Waals surface area contributed by atoms with Gasteiger partial charge in [-0.2, -0.15) is 0 Å². The Kier molecular flexibility index (Phi) is 4.90. The van der Waals surface area contributed by atoms with E-state index in [0.717, 1.165) is 38.2 Å². The van der Waals surface area contributed by atoms with Crippen molar-refractivity contribution in [2.45, 2.75) is 38.1 Å². The Hall–Kier alpha value is -1.66. The van der Waals surface area contributed by atoms with E-state index < -0.39 is 0 Å². The second kappa shape index (κ2) is 7.30. The van der Waals surface area contributed by atoms with Crippen LogP contribution in [0.15, 0.2) is 40.8 Å². The number of benzene rings is 1. The van der Waals surface area contributed by atoms with Crippen LogP contribution in [-0.2, 0) is 26.0 Å². The van der Waals surface area contributed by atoms with Gasteiger partial charge in [-0.25, -0.2) is 0 Å². The molecule has 1 fully saturated rings. The van der Waals surface area contributed by atoms with E-state index in [2.05, 4.69) is 34.1 Å². The molecule has 2 N–H and O–H groups in total. The van der Waals surface area contributed by atoms with Crippen molar-refractivity contribution in [3.8, 4) is 0 Å². The molecule has 1 saturated heterocycles. The zero-order chi connectivity index (χ0) is 17.2. The van der Waals surface area contributed by atoms with E-state index in [1.54, 1.807) is 0 Å². The standard InChI is InChI=1S/C20H26N2O3/c23-14-20-6-5-19(25-20)13-21-7-8-22(12-18(24)11-21)17-9-15-3-1-2-4-16(15)10-17/h1-6,17-18,23-24H,7-14H2/t18-/m0/s1. The van der Waals surface area contributed by atoms with Gasteiger partial charge in [0.05, 0.1) is 12.6 Å². The largest absolute Gasteiger partial charge is 0.462 e. The number of aliphatic hydroxyl groups excluding tert-OH is 2. The summed E-state index contributed by atoms with van der Waals surface area (Å²) in [7, 11) is 0. The molecule has 0 radical (unpaired) electrons. The van der Waals surface area contributed by atoms with Crippen LogP contribution in [0.25, 0.3) is 0 Å². The smallest absolute Gasteiger partial charge is 0.129 e. The number of furan rings is 1. The lowest BCUT2D eigenvalue weighted by atomic mass is 10.1. The first kappa shape index (κ1) is 16.8. The average molecular weight is 342 g/mol. The highest BCUT2D eigenvalue weighted by Crippen LogP contribution is 2.26. The van der Waals surface area contributed by atoms with E-state index in [1.165, 1.54) is 11.1 Å². The van der Waals surface area contributed by atoms with Crippen molar-refractivity contribution < 1.29 is 14.6 Å². The second-order valence-corrected chi connectivity index (χ2v) is 7.24. The number of aliphatic hydroxyl groups is 2. The van der Waals surface area contributed by atoms with Crippen molar-refractivity contribution in [1.82, 2.24) is 9.80 Å². The first-order valence-electron chi connectivity index (χ1n) is 9.11. The van der Waals surface area contributed by atoms with Gasteiger partial charge in [-0.1, -0.05) is 24.3 Å². The Bertz CT molecular complexity index is 689. The minimum atomic E-state index is -0.349. The first-order valence-corrected chi connectivity index (χ1v) is 9.11. The Labute approximate surface area is 148 Å². The molecule has 2 aromatic rings. The molecule has 2 heterocycles. The molecule has 0 spiro atoms. The Morgan fingerprint density at radius 3 is 2.36 bits per heavy atom. The lowest BCUT2D eigenvalue weighted by Gasteiger charge is -2.28. The molecule has 1 aliphatic carbocycles. The monoisotopic (exact) mass is 342 g/mol. The molecule has 0 unspecified atom stereocenters. The van der Waals surface area contributed by atoms with Crippen LogP contribution in [-0.4, -0.2) is 58.3 Å². The van der Waals surface area contributed by atoms with Crippen molar-refractivity contribution in [1.29, 1.82) is 0 Å². The fourth-order valence-corrected chi connectivity index (χ4v) is 4.16. The molecule has 1 aliphatic heterocycles. The van der Waals surface area contributed by atoms with Gasteiger partial charge in [0.1, 0.15) is 18.1 Å². The predicted molar refractivity (Wildman–Crippen MR) is 95.1 cm³/mol. The minimum absolute atomic E-state index is 0.0708. The molecule has 2 aliphatic rings. The molecule has 1 aromatic carbocycles. The number of hydrogen-bond donors (Lipinski definition) is 2. The summed E-state index contributed by atoms with van der Waals surface area (Å²) in [5.41, 5.74) is 2.91. The van der Waals surface area contributed by atoms with Crippen LogP contribution in [0.2, 0.25) is 0 Å². The zero-order valence-electron chi connectivity index (χ0n) is 14.5. The molecule has 1 aromatic heterocycles. The van der Waals surface area contributed by atoms with E-state index in [1.807, 2.05) is 12.1 Å². The fraction of sp³-hybridized carbons (Fsp3) is 0.500. The summed E-state index contributed by atoms with van der Waals surface area (Å²) in [5, 5.41) is 19.6. The van der Waals surface area contributed by atoms with Gasteiger partial charge in [0.15, 0.2) is 0 Å². The first-order chi connectivity index (χ1) is 12.2. The van der Waals surface area contributed by atoms with Crippen LogP contribution in [0, 0.1) is 0 Å². The van der Waals surface area contributed by atoms with Gasteiger partial charge < -0.3 is 14.6 Å². The number of fused-ring (bicyclic) bond motifs is 1. The van der Waals surface area contributed by atoms with E-state index in [0.29, 0.717) is 24.9 Å². The summed E-state index contributed by atoms with van der Waals surface area (Å²) < 4.78 is 5.59. The molecular formula is C20H26N2O3. The van der Waals surface area contributed by atoms with Crippen LogP contribution in [0.3, 0.4) is 0 Å². The third kappa shape index (κ3) is 3.80. The number of nitrogens with zero attached hydrogens (tertiary/aromatic N) is 2. The van der Waals surface area contributed by atoms with Gasteiger partial charge in [-0.05, 0) is 36.1 Å². The average Bonchev–Trinajstić information content (AvgIpc) is 3.20. The van der Waals surface area contributed by atoms with Crippen molar-refractivity contribution >= 4 is 0 Å². The lowest BCUT2D eigenvalue weighted by Crippen LogP contribution is -2.41. The van der Waals surface area contributed by atoms with Crippen molar-refractivity contribution in [2.75, 3.05) is 26.2 Å². The summed E-state index contributed by atoms with van der Waals surface area (Å²) in [4.78, 5) is 4.69. The Balaban J connectivity index is 1.38. The topological polar surface area (TPSA) is 60.1 Å². The maximum atomic E-state index is 10.5. The molecule has 5 nitrogen and oxygen atoms in total. The van der Waals surface area contributed by atoms with Crippen LogP contribution in [0.1, 0.15) is 22.6 Å². The Morgan fingerprint density at radius 1 is 0.960 bits per heavy atom. The molecule has 1 atom stereocenters. The van der Waals surface area contributed by atoms with Gasteiger partial charge >= 0.3 is 0 Å². The van der Waals surface area contributed by atoms with Gasteiger partial charge in [0.2, 0.25) is 0 Å². The normalized spacial score (nSPS) is 22.9.